The van der Waals surface area contributed by atoms with Crippen LogP contribution in [0.25, 0.3) is 0 Å². The standard InChI is InChI=1S/C16H26B4N2O8P2/c1-10-21-4-5-22(10)32(23,24)27-9-14-12(7-16(20-18)29-14)30-31(3)26-8-13-11(25-2)6-15(19-17)28-13/h4-5,11-16H,6-9H2,1-3H3,(H,23,24)/p-1. The zero-order chi connectivity index (χ0) is 23.3. The van der Waals surface area contributed by atoms with E-state index in [0.29, 0.717) is 18.7 Å². The van der Waals surface area contributed by atoms with E-state index in [1.165, 1.54) is 26.7 Å². The van der Waals surface area contributed by atoms with E-state index < -0.39 is 28.3 Å². The van der Waals surface area contributed by atoms with Crippen molar-refractivity contribution in [2.45, 2.75) is 56.2 Å². The predicted molar refractivity (Wildman–Crippen MR) is 120 cm³/mol. The van der Waals surface area contributed by atoms with Crippen molar-refractivity contribution in [1.82, 2.24) is 9.32 Å². The topological polar surface area (TPSA) is 113 Å². The van der Waals surface area contributed by atoms with E-state index in [9.17, 15) is 9.46 Å². The Bertz CT molecular complexity index is 780. The van der Waals surface area contributed by atoms with Gasteiger partial charge < -0.3 is 32.7 Å². The molecular weight excluding hydrogens is 453 g/mol. The van der Waals surface area contributed by atoms with Crippen LogP contribution in [-0.4, -0.2) is 103 Å². The minimum Gasteiger partial charge on any atom is -0.761 e. The minimum atomic E-state index is -4.37. The highest BCUT2D eigenvalue weighted by molar-refractivity contribution is 7.49. The molecule has 170 valence electrons. The molecule has 0 bridgehead atoms. The molecule has 0 aliphatic carbocycles. The van der Waals surface area contributed by atoms with E-state index >= 15 is 0 Å². The van der Waals surface area contributed by atoms with Crippen LogP contribution in [-0.2, 0) is 32.3 Å². The summed E-state index contributed by atoms with van der Waals surface area (Å²) in [5.41, 5.74) is 0. The third-order valence-electron chi connectivity index (χ3n) is 5.36. The Balaban J connectivity index is 1.52. The fourth-order valence-electron chi connectivity index (χ4n) is 3.66. The molecule has 2 aliphatic heterocycles. The second kappa shape index (κ2) is 12.0. The number of methoxy groups -OCH3 is 1. The van der Waals surface area contributed by atoms with Gasteiger partial charge in [-0.15, -0.1) is 0 Å². The number of aromatic nitrogens is 2. The highest BCUT2D eigenvalue weighted by Crippen LogP contribution is 2.43. The van der Waals surface area contributed by atoms with Gasteiger partial charge in [0.05, 0.1) is 39.8 Å². The number of hydrogen-bond acceptors (Lipinski definition) is 9. The maximum Gasteiger partial charge on any atom is 0.237 e. The van der Waals surface area contributed by atoms with E-state index in [0.717, 1.165) is 4.34 Å². The first kappa shape index (κ1) is 26.5. The summed E-state index contributed by atoms with van der Waals surface area (Å²) in [5, 5.41) is 0. The Morgan fingerprint density at radius 1 is 1.25 bits per heavy atom. The number of ether oxygens (including phenoxy) is 3. The molecule has 3 rings (SSSR count). The Morgan fingerprint density at radius 3 is 2.44 bits per heavy atom. The van der Waals surface area contributed by atoms with Gasteiger partial charge in [-0.2, -0.15) is 0 Å². The summed E-state index contributed by atoms with van der Waals surface area (Å²) in [6, 6.07) is -0.556. The maximum absolute atomic E-state index is 12.5. The number of hydrogen-bond donors (Lipinski definition) is 0. The van der Waals surface area contributed by atoms with Crippen molar-refractivity contribution in [3.05, 3.63) is 18.2 Å². The van der Waals surface area contributed by atoms with E-state index in [1.54, 1.807) is 14.0 Å². The van der Waals surface area contributed by atoms with Gasteiger partial charge in [0.15, 0.2) is 8.38 Å². The van der Waals surface area contributed by atoms with Crippen molar-refractivity contribution in [3.8, 4) is 0 Å². The summed E-state index contributed by atoms with van der Waals surface area (Å²) in [4.78, 5) is 16.4. The first-order valence-corrected chi connectivity index (χ1v) is 13.3. The molecule has 6 radical (unpaired) electrons. The lowest BCUT2D eigenvalue weighted by Gasteiger charge is -2.28. The van der Waals surface area contributed by atoms with Crippen molar-refractivity contribution >= 4 is 45.9 Å². The van der Waals surface area contributed by atoms with Gasteiger partial charge in [0.2, 0.25) is 7.75 Å². The van der Waals surface area contributed by atoms with Gasteiger partial charge in [0.1, 0.15) is 18.0 Å². The van der Waals surface area contributed by atoms with Crippen LogP contribution in [0.4, 0.5) is 0 Å². The maximum atomic E-state index is 12.5. The molecule has 8 atom stereocenters. The normalized spacial score (nSPS) is 33.1. The zero-order valence-electron chi connectivity index (χ0n) is 18.3. The molecule has 2 aliphatic rings. The van der Waals surface area contributed by atoms with E-state index in [-0.39, 0.29) is 37.4 Å². The van der Waals surface area contributed by atoms with Gasteiger partial charge in [-0.3, -0.25) is 8.90 Å². The van der Waals surface area contributed by atoms with Gasteiger partial charge >= 0.3 is 0 Å². The molecule has 0 N–H and O–H groups in total. The van der Waals surface area contributed by atoms with Crippen molar-refractivity contribution < 1.29 is 37.2 Å². The van der Waals surface area contributed by atoms with E-state index in [2.05, 4.69) is 4.98 Å². The smallest absolute Gasteiger partial charge is 0.237 e. The van der Waals surface area contributed by atoms with Gasteiger partial charge in [0, 0.05) is 53.6 Å². The van der Waals surface area contributed by atoms with Crippen LogP contribution >= 0.6 is 16.1 Å². The largest absolute Gasteiger partial charge is 0.761 e. The summed E-state index contributed by atoms with van der Waals surface area (Å²) in [6.07, 6.45) is 2.38. The fraction of sp³-hybridized carbons (Fsp3) is 0.812. The predicted octanol–water partition coefficient (Wildman–Crippen LogP) is -0.311. The average Bonchev–Trinajstić information content (AvgIpc) is 3.48. The first-order valence-electron chi connectivity index (χ1n) is 10.2. The summed E-state index contributed by atoms with van der Waals surface area (Å²) in [6.45, 7) is 3.44. The third-order valence-corrected chi connectivity index (χ3v) is 7.87. The Hall–Kier alpha value is -0.150. The molecule has 0 amide bonds. The molecule has 1 aromatic heterocycles. The van der Waals surface area contributed by atoms with E-state index in [1.807, 2.05) is 6.66 Å². The third kappa shape index (κ3) is 6.71. The Morgan fingerprint density at radius 2 is 1.88 bits per heavy atom. The Labute approximate surface area is 194 Å². The summed E-state index contributed by atoms with van der Waals surface area (Å²) in [7, 11) is 10.0. The zero-order valence-corrected chi connectivity index (χ0v) is 20.1. The van der Waals surface area contributed by atoms with Crippen molar-refractivity contribution in [3.63, 3.8) is 0 Å². The van der Waals surface area contributed by atoms with Gasteiger partial charge in [-0.05, 0) is 19.8 Å². The van der Waals surface area contributed by atoms with Crippen molar-refractivity contribution in [2.75, 3.05) is 27.0 Å². The quantitative estimate of drug-likeness (QED) is 0.295. The van der Waals surface area contributed by atoms with Crippen LogP contribution < -0.4 is 4.89 Å². The SMILES string of the molecule is [B][B]C1CC(OC)C(COP(C)OC2CC([B][B])OC2COP(=O)([O-])n2ccnc2C)O1. The number of aryl methyl sites for hydroxylation is 1. The second-order valence-electron chi connectivity index (χ2n) is 7.52. The highest BCUT2D eigenvalue weighted by Gasteiger charge is 2.38. The lowest BCUT2D eigenvalue weighted by molar-refractivity contribution is -0.204. The van der Waals surface area contributed by atoms with E-state index in [4.69, 9.17) is 43.3 Å². The molecule has 3 heterocycles. The highest BCUT2D eigenvalue weighted by atomic mass is 31.2. The second-order valence-corrected chi connectivity index (χ2v) is 10.5. The van der Waals surface area contributed by atoms with Crippen LogP contribution in [0.2, 0.25) is 0 Å². The average molecular weight is 479 g/mol. The summed E-state index contributed by atoms with van der Waals surface area (Å²) >= 11 is 0. The van der Waals surface area contributed by atoms with Gasteiger partial charge in [-0.25, -0.2) is 4.98 Å². The number of rotatable bonds is 12. The molecule has 1 aromatic rings. The molecular formula is C16H25B4N2O8P2-. The lowest BCUT2D eigenvalue weighted by atomic mass is 9.51. The molecule has 0 spiro atoms. The summed E-state index contributed by atoms with van der Waals surface area (Å²) < 4.78 is 47.6. The molecule has 10 nitrogen and oxygen atoms in total. The first-order chi connectivity index (χ1) is 15.3. The van der Waals surface area contributed by atoms with Gasteiger partial charge in [-0.1, -0.05) is 0 Å². The Kier molecular flexibility index (Phi) is 9.92. The van der Waals surface area contributed by atoms with Crippen LogP contribution in [0.15, 0.2) is 12.4 Å². The molecule has 0 saturated carbocycles. The van der Waals surface area contributed by atoms with Crippen molar-refractivity contribution in [1.29, 1.82) is 0 Å². The van der Waals surface area contributed by atoms with Gasteiger partial charge in [0.25, 0.3) is 0 Å². The van der Waals surface area contributed by atoms with Crippen LogP contribution in [0.5, 0.6) is 0 Å². The van der Waals surface area contributed by atoms with Crippen LogP contribution in [0.3, 0.4) is 0 Å². The molecule has 8 unspecified atom stereocenters. The van der Waals surface area contributed by atoms with Crippen LogP contribution in [0.1, 0.15) is 18.7 Å². The molecule has 2 saturated heterocycles. The molecule has 32 heavy (non-hydrogen) atoms. The molecule has 2 fully saturated rings. The summed E-state index contributed by atoms with van der Waals surface area (Å²) in [5.74, 6) is 0.306. The fourth-order valence-corrected chi connectivity index (χ4v) is 5.77. The lowest BCUT2D eigenvalue weighted by Crippen LogP contribution is -2.30. The van der Waals surface area contributed by atoms with Crippen molar-refractivity contribution in [2.24, 2.45) is 0 Å². The minimum absolute atomic E-state index is 0.117. The monoisotopic (exact) mass is 479 g/mol. The number of imidazole rings is 1. The molecule has 16 heteroatoms. The number of nitrogens with zero attached hydrogens (tertiary/aromatic N) is 2. The van der Waals surface area contributed by atoms with Crippen LogP contribution in [0, 0.1) is 6.92 Å². The molecule has 0 aromatic carbocycles.